The van der Waals surface area contributed by atoms with Gasteiger partial charge in [0.2, 0.25) is 0 Å². The summed E-state index contributed by atoms with van der Waals surface area (Å²) in [6, 6.07) is 1.82. The number of nitrogens with zero attached hydrogens (tertiary/aromatic N) is 1. The number of hydrogen-bond donors (Lipinski definition) is 1. The van der Waals surface area contributed by atoms with Crippen molar-refractivity contribution in [1.82, 2.24) is 4.98 Å². The van der Waals surface area contributed by atoms with E-state index >= 15 is 0 Å². The maximum atomic E-state index is 8.84. The molecule has 0 aliphatic rings. The van der Waals surface area contributed by atoms with Crippen molar-refractivity contribution in [3.8, 4) is 0 Å². The van der Waals surface area contributed by atoms with Gasteiger partial charge < -0.3 is 9.52 Å². The third-order valence-electron chi connectivity index (χ3n) is 1.63. The molecule has 3 nitrogen and oxygen atoms in total. The third kappa shape index (κ3) is 0.897. The van der Waals surface area contributed by atoms with E-state index in [1.807, 2.05) is 6.07 Å². The third-order valence-corrected chi connectivity index (χ3v) is 1.63. The molecule has 0 fully saturated rings. The number of furan rings is 1. The standard InChI is InChI=1S/C8H7NO2/c10-4-6-5-11-8-3-9-2-1-7(6)8/h1-3,5,10H,4H2. The van der Waals surface area contributed by atoms with Crippen molar-refractivity contribution in [3.05, 3.63) is 30.3 Å². The first kappa shape index (κ1) is 6.37. The second-order valence-electron chi connectivity index (χ2n) is 2.29. The Labute approximate surface area is 63.3 Å². The lowest BCUT2D eigenvalue weighted by Crippen LogP contribution is -1.78. The second-order valence-corrected chi connectivity index (χ2v) is 2.29. The van der Waals surface area contributed by atoms with E-state index in [9.17, 15) is 0 Å². The van der Waals surface area contributed by atoms with Crippen LogP contribution < -0.4 is 0 Å². The van der Waals surface area contributed by atoms with Crippen LogP contribution in [-0.2, 0) is 6.61 Å². The Kier molecular flexibility index (Phi) is 1.36. The van der Waals surface area contributed by atoms with Crippen LogP contribution in [0.3, 0.4) is 0 Å². The summed E-state index contributed by atoms with van der Waals surface area (Å²) in [5.41, 5.74) is 1.53. The first-order chi connectivity index (χ1) is 5.42. The van der Waals surface area contributed by atoms with Crippen LogP contribution in [0.15, 0.2) is 29.1 Å². The van der Waals surface area contributed by atoms with Crippen LogP contribution >= 0.6 is 0 Å². The predicted molar refractivity (Wildman–Crippen MR) is 39.9 cm³/mol. The van der Waals surface area contributed by atoms with Crippen molar-refractivity contribution in [1.29, 1.82) is 0 Å². The summed E-state index contributed by atoms with van der Waals surface area (Å²) in [6.07, 6.45) is 4.86. The summed E-state index contributed by atoms with van der Waals surface area (Å²) in [7, 11) is 0. The number of fused-ring (bicyclic) bond motifs is 1. The van der Waals surface area contributed by atoms with Gasteiger partial charge in [0, 0.05) is 17.1 Å². The Morgan fingerprint density at radius 1 is 1.55 bits per heavy atom. The molecule has 0 amide bonds. The predicted octanol–water partition coefficient (Wildman–Crippen LogP) is 1.32. The molecule has 0 aromatic carbocycles. The van der Waals surface area contributed by atoms with Crippen LogP contribution in [0, 0.1) is 0 Å². The van der Waals surface area contributed by atoms with Gasteiger partial charge in [-0.1, -0.05) is 0 Å². The average Bonchev–Trinajstić information content (AvgIpc) is 2.47. The van der Waals surface area contributed by atoms with Gasteiger partial charge in [-0.25, -0.2) is 0 Å². The Balaban J connectivity index is 2.76. The van der Waals surface area contributed by atoms with Crippen molar-refractivity contribution in [2.75, 3.05) is 0 Å². The zero-order valence-electron chi connectivity index (χ0n) is 5.82. The van der Waals surface area contributed by atoms with Crippen molar-refractivity contribution < 1.29 is 9.52 Å². The number of hydrogen-bond acceptors (Lipinski definition) is 3. The zero-order chi connectivity index (χ0) is 7.68. The number of aliphatic hydroxyl groups excluding tert-OH is 1. The quantitative estimate of drug-likeness (QED) is 0.665. The monoisotopic (exact) mass is 149 g/mol. The fourth-order valence-electron chi connectivity index (χ4n) is 1.06. The van der Waals surface area contributed by atoms with Gasteiger partial charge in [0.15, 0.2) is 5.58 Å². The van der Waals surface area contributed by atoms with E-state index in [4.69, 9.17) is 9.52 Å². The molecule has 2 aromatic heterocycles. The van der Waals surface area contributed by atoms with E-state index in [2.05, 4.69) is 4.98 Å². The molecule has 0 unspecified atom stereocenters. The molecule has 1 N–H and O–H groups in total. The average molecular weight is 149 g/mol. The molecule has 0 radical (unpaired) electrons. The number of aliphatic hydroxyl groups is 1. The van der Waals surface area contributed by atoms with Crippen LogP contribution in [-0.4, -0.2) is 10.1 Å². The lowest BCUT2D eigenvalue weighted by molar-refractivity contribution is 0.282. The van der Waals surface area contributed by atoms with Gasteiger partial charge in [0.05, 0.1) is 19.1 Å². The first-order valence-corrected chi connectivity index (χ1v) is 3.33. The second kappa shape index (κ2) is 2.36. The number of rotatable bonds is 1. The van der Waals surface area contributed by atoms with Gasteiger partial charge in [-0.15, -0.1) is 0 Å². The molecule has 0 saturated heterocycles. The number of aromatic nitrogens is 1. The molecule has 0 aliphatic carbocycles. The summed E-state index contributed by atoms with van der Waals surface area (Å²) in [5.74, 6) is 0. The van der Waals surface area contributed by atoms with Gasteiger partial charge in [0.1, 0.15) is 0 Å². The van der Waals surface area contributed by atoms with Crippen molar-refractivity contribution in [2.45, 2.75) is 6.61 Å². The van der Waals surface area contributed by atoms with Gasteiger partial charge in [-0.3, -0.25) is 4.98 Å². The summed E-state index contributed by atoms with van der Waals surface area (Å²) in [5, 5.41) is 9.78. The van der Waals surface area contributed by atoms with Crippen molar-refractivity contribution >= 4 is 11.0 Å². The molecule has 2 aromatic rings. The highest BCUT2D eigenvalue weighted by Gasteiger charge is 2.02. The maximum absolute atomic E-state index is 8.84. The minimum absolute atomic E-state index is 0.0109. The molecule has 56 valence electrons. The minimum Gasteiger partial charge on any atom is -0.462 e. The molecule has 11 heavy (non-hydrogen) atoms. The Morgan fingerprint density at radius 3 is 3.27 bits per heavy atom. The molecule has 0 atom stereocenters. The molecule has 0 aliphatic heterocycles. The Hall–Kier alpha value is -1.35. The van der Waals surface area contributed by atoms with Crippen molar-refractivity contribution in [3.63, 3.8) is 0 Å². The van der Waals surface area contributed by atoms with E-state index in [0.29, 0.717) is 0 Å². The van der Waals surface area contributed by atoms with Gasteiger partial charge in [0.25, 0.3) is 0 Å². The van der Waals surface area contributed by atoms with E-state index < -0.39 is 0 Å². The van der Waals surface area contributed by atoms with Gasteiger partial charge in [-0.05, 0) is 6.07 Å². The first-order valence-electron chi connectivity index (χ1n) is 3.33. The van der Waals surface area contributed by atoms with E-state index in [0.717, 1.165) is 16.5 Å². The highest BCUT2D eigenvalue weighted by molar-refractivity contribution is 5.79. The molecule has 2 heterocycles. The fourth-order valence-corrected chi connectivity index (χ4v) is 1.06. The van der Waals surface area contributed by atoms with E-state index in [1.54, 1.807) is 18.7 Å². The minimum atomic E-state index is 0.0109. The summed E-state index contributed by atoms with van der Waals surface area (Å²) < 4.78 is 5.12. The smallest absolute Gasteiger partial charge is 0.152 e. The fraction of sp³-hybridized carbons (Fsp3) is 0.125. The maximum Gasteiger partial charge on any atom is 0.152 e. The number of pyridine rings is 1. The molecule has 0 spiro atoms. The van der Waals surface area contributed by atoms with Gasteiger partial charge in [-0.2, -0.15) is 0 Å². The Morgan fingerprint density at radius 2 is 2.45 bits per heavy atom. The molecular weight excluding hydrogens is 142 g/mol. The van der Waals surface area contributed by atoms with E-state index in [-0.39, 0.29) is 6.61 Å². The summed E-state index contributed by atoms with van der Waals surface area (Å²) >= 11 is 0. The molecule has 3 heteroatoms. The lowest BCUT2D eigenvalue weighted by Gasteiger charge is -1.87. The molecule has 0 bridgehead atoms. The topological polar surface area (TPSA) is 46.3 Å². The van der Waals surface area contributed by atoms with Crippen LogP contribution in [0.25, 0.3) is 11.0 Å². The molecule has 0 saturated carbocycles. The zero-order valence-corrected chi connectivity index (χ0v) is 5.82. The Bertz CT molecular complexity index is 367. The summed E-state index contributed by atoms with van der Waals surface area (Å²) in [4.78, 5) is 3.89. The van der Waals surface area contributed by atoms with Crippen LogP contribution in [0.4, 0.5) is 0 Å². The highest BCUT2D eigenvalue weighted by atomic mass is 16.3. The van der Waals surface area contributed by atoms with Crippen LogP contribution in [0.1, 0.15) is 5.56 Å². The highest BCUT2D eigenvalue weighted by Crippen LogP contribution is 2.18. The van der Waals surface area contributed by atoms with Crippen LogP contribution in [0.2, 0.25) is 0 Å². The van der Waals surface area contributed by atoms with Crippen LogP contribution in [0.5, 0.6) is 0 Å². The summed E-state index contributed by atoms with van der Waals surface area (Å²) in [6.45, 7) is 0.0109. The largest absolute Gasteiger partial charge is 0.462 e. The molecular formula is C8H7NO2. The van der Waals surface area contributed by atoms with Crippen molar-refractivity contribution in [2.24, 2.45) is 0 Å². The SMILES string of the molecule is OCc1coc2cnccc12. The normalized spacial score (nSPS) is 10.6. The van der Waals surface area contributed by atoms with Gasteiger partial charge >= 0.3 is 0 Å². The molecule has 2 rings (SSSR count). The van der Waals surface area contributed by atoms with E-state index in [1.165, 1.54) is 0 Å². The lowest BCUT2D eigenvalue weighted by atomic mass is 10.2.